The number of piperidine rings is 1. The molecule has 1 aliphatic rings. The Balaban J connectivity index is 2.05. The molecule has 1 heterocycles. The number of rotatable bonds is 2. The summed E-state index contributed by atoms with van der Waals surface area (Å²) in [6.45, 7) is 1.24. The second kappa shape index (κ2) is 5.07. The van der Waals surface area contributed by atoms with Gasteiger partial charge in [-0.3, -0.25) is 0 Å². The number of nitrogens with two attached hydrogens (primary N) is 1. The van der Waals surface area contributed by atoms with E-state index in [1.54, 1.807) is 22.5 Å². The minimum absolute atomic E-state index is 0.359. The van der Waals surface area contributed by atoms with Crippen molar-refractivity contribution in [3.8, 4) is 0 Å². The fourth-order valence-corrected chi connectivity index (χ4v) is 4.25. The first-order valence-electron chi connectivity index (χ1n) is 6.87. The van der Waals surface area contributed by atoms with Crippen molar-refractivity contribution in [2.75, 3.05) is 18.8 Å². The van der Waals surface area contributed by atoms with Gasteiger partial charge in [0.15, 0.2) is 0 Å². The maximum Gasteiger partial charge on any atom is 0.243 e. The summed E-state index contributed by atoms with van der Waals surface area (Å²) in [7, 11) is -3.37. The number of sulfonamides is 1. The van der Waals surface area contributed by atoms with E-state index in [2.05, 4.69) is 0 Å². The molecule has 0 amide bonds. The maximum atomic E-state index is 12.6. The van der Waals surface area contributed by atoms with Gasteiger partial charge in [-0.05, 0) is 36.4 Å². The lowest BCUT2D eigenvalue weighted by Gasteiger charge is -2.26. The van der Waals surface area contributed by atoms with Crippen LogP contribution < -0.4 is 5.73 Å². The van der Waals surface area contributed by atoms with E-state index in [1.807, 2.05) is 18.2 Å². The lowest BCUT2D eigenvalue weighted by molar-refractivity contribution is 0.346. The fourth-order valence-electron chi connectivity index (χ4n) is 2.70. The number of hydrogen-bond donors (Lipinski definition) is 1. The van der Waals surface area contributed by atoms with Gasteiger partial charge in [-0.1, -0.05) is 24.6 Å². The molecule has 0 bridgehead atoms. The normalized spacial score (nSPS) is 17.4. The molecule has 106 valence electrons. The fraction of sp³-hybridized carbons (Fsp3) is 0.333. The summed E-state index contributed by atoms with van der Waals surface area (Å²) in [5.41, 5.74) is 6.57. The molecular formula is C15H18N2O2S. The monoisotopic (exact) mass is 290 g/mol. The van der Waals surface area contributed by atoms with Gasteiger partial charge >= 0.3 is 0 Å². The SMILES string of the molecule is Nc1cccc2cc(S(=O)(=O)N3CCCCC3)ccc12. The Labute approximate surface area is 119 Å². The van der Waals surface area contributed by atoms with Crippen LogP contribution in [0.4, 0.5) is 5.69 Å². The molecule has 1 aliphatic heterocycles. The van der Waals surface area contributed by atoms with Crippen molar-refractivity contribution in [1.82, 2.24) is 4.31 Å². The minimum Gasteiger partial charge on any atom is -0.398 e. The Morgan fingerprint density at radius 3 is 2.50 bits per heavy atom. The number of nitrogen functional groups attached to an aromatic ring is 1. The molecule has 1 saturated heterocycles. The molecule has 3 rings (SSSR count). The van der Waals surface area contributed by atoms with Crippen LogP contribution in [0.5, 0.6) is 0 Å². The van der Waals surface area contributed by atoms with Crippen LogP contribution in [-0.4, -0.2) is 25.8 Å². The van der Waals surface area contributed by atoms with Crippen LogP contribution in [0.25, 0.3) is 10.8 Å². The smallest absolute Gasteiger partial charge is 0.243 e. The van der Waals surface area contributed by atoms with Gasteiger partial charge in [-0.15, -0.1) is 0 Å². The molecule has 0 aromatic heterocycles. The minimum atomic E-state index is -3.37. The van der Waals surface area contributed by atoms with Gasteiger partial charge in [0.1, 0.15) is 0 Å². The molecule has 2 aromatic rings. The van der Waals surface area contributed by atoms with E-state index >= 15 is 0 Å². The summed E-state index contributed by atoms with van der Waals surface area (Å²) in [5, 5.41) is 1.76. The zero-order valence-corrected chi connectivity index (χ0v) is 12.1. The van der Waals surface area contributed by atoms with Gasteiger partial charge in [-0.2, -0.15) is 4.31 Å². The second-order valence-corrected chi connectivity index (χ2v) is 7.13. The Bertz CT molecular complexity index is 735. The zero-order valence-electron chi connectivity index (χ0n) is 11.2. The molecule has 2 aromatic carbocycles. The summed E-state index contributed by atoms with van der Waals surface area (Å²) >= 11 is 0. The van der Waals surface area contributed by atoms with Crippen LogP contribution in [0, 0.1) is 0 Å². The maximum absolute atomic E-state index is 12.6. The molecular weight excluding hydrogens is 272 g/mol. The first kappa shape index (κ1) is 13.4. The van der Waals surface area contributed by atoms with Gasteiger partial charge in [0.25, 0.3) is 0 Å². The van der Waals surface area contributed by atoms with Crippen LogP contribution in [0.1, 0.15) is 19.3 Å². The molecule has 20 heavy (non-hydrogen) atoms. The van der Waals surface area contributed by atoms with Gasteiger partial charge < -0.3 is 5.73 Å². The number of nitrogens with zero attached hydrogens (tertiary/aromatic N) is 1. The highest BCUT2D eigenvalue weighted by Gasteiger charge is 2.25. The van der Waals surface area contributed by atoms with Gasteiger partial charge in [0, 0.05) is 24.2 Å². The van der Waals surface area contributed by atoms with Crippen LogP contribution in [0.15, 0.2) is 41.3 Å². The van der Waals surface area contributed by atoms with E-state index in [4.69, 9.17) is 5.73 Å². The highest BCUT2D eigenvalue weighted by molar-refractivity contribution is 7.89. The summed E-state index contributed by atoms with van der Waals surface area (Å²) in [5.74, 6) is 0. The van der Waals surface area contributed by atoms with Crippen LogP contribution in [0.3, 0.4) is 0 Å². The molecule has 4 nitrogen and oxygen atoms in total. The van der Waals surface area contributed by atoms with E-state index < -0.39 is 10.0 Å². The molecule has 0 spiro atoms. The number of hydrogen-bond acceptors (Lipinski definition) is 3. The molecule has 0 saturated carbocycles. The first-order chi connectivity index (χ1) is 9.59. The predicted octanol–water partition coefficient (Wildman–Crippen LogP) is 2.60. The van der Waals surface area contributed by atoms with Crippen LogP contribution in [0.2, 0.25) is 0 Å². The van der Waals surface area contributed by atoms with Crippen LogP contribution >= 0.6 is 0 Å². The van der Waals surface area contributed by atoms with E-state index in [9.17, 15) is 8.42 Å². The summed E-state index contributed by atoms with van der Waals surface area (Å²) < 4.78 is 26.8. The van der Waals surface area contributed by atoms with E-state index in [0.717, 1.165) is 30.0 Å². The third-order valence-electron chi connectivity index (χ3n) is 3.84. The van der Waals surface area contributed by atoms with Crippen molar-refractivity contribution in [1.29, 1.82) is 0 Å². The van der Waals surface area contributed by atoms with Crippen molar-refractivity contribution >= 4 is 26.5 Å². The van der Waals surface area contributed by atoms with Crippen molar-refractivity contribution < 1.29 is 8.42 Å². The first-order valence-corrected chi connectivity index (χ1v) is 8.31. The highest BCUT2D eigenvalue weighted by Crippen LogP contribution is 2.26. The summed E-state index contributed by atoms with van der Waals surface area (Å²) in [6, 6.07) is 10.7. The highest BCUT2D eigenvalue weighted by atomic mass is 32.2. The van der Waals surface area contributed by atoms with Crippen molar-refractivity contribution in [2.45, 2.75) is 24.2 Å². The standard InChI is InChI=1S/C15H18N2O2S/c16-15-6-4-5-12-11-13(7-8-14(12)15)20(18,19)17-9-2-1-3-10-17/h4-8,11H,1-3,9-10,16H2. The average molecular weight is 290 g/mol. The molecule has 2 N–H and O–H groups in total. The second-order valence-electron chi connectivity index (χ2n) is 5.19. The van der Waals surface area contributed by atoms with Crippen molar-refractivity contribution in [2.24, 2.45) is 0 Å². The molecule has 1 fully saturated rings. The van der Waals surface area contributed by atoms with Crippen molar-refractivity contribution in [3.63, 3.8) is 0 Å². The third-order valence-corrected chi connectivity index (χ3v) is 5.73. The molecule has 0 atom stereocenters. The number of fused-ring (bicyclic) bond motifs is 1. The van der Waals surface area contributed by atoms with Gasteiger partial charge in [-0.25, -0.2) is 8.42 Å². The van der Waals surface area contributed by atoms with E-state index in [-0.39, 0.29) is 0 Å². The third kappa shape index (κ3) is 2.27. The molecule has 0 radical (unpaired) electrons. The largest absolute Gasteiger partial charge is 0.398 e. The van der Waals surface area contributed by atoms with Gasteiger partial charge in [0.2, 0.25) is 10.0 Å². The molecule has 5 heteroatoms. The predicted molar refractivity (Wildman–Crippen MR) is 81.0 cm³/mol. The Hall–Kier alpha value is -1.59. The van der Waals surface area contributed by atoms with Gasteiger partial charge in [0.05, 0.1) is 4.90 Å². The molecule has 0 aliphatic carbocycles. The zero-order chi connectivity index (χ0) is 14.2. The Morgan fingerprint density at radius 1 is 1.00 bits per heavy atom. The summed E-state index contributed by atoms with van der Waals surface area (Å²) in [4.78, 5) is 0.359. The Morgan fingerprint density at radius 2 is 1.75 bits per heavy atom. The number of anilines is 1. The van der Waals surface area contributed by atoms with Crippen molar-refractivity contribution in [3.05, 3.63) is 36.4 Å². The topological polar surface area (TPSA) is 63.4 Å². The summed E-state index contributed by atoms with van der Waals surface area (Å²) in [6.07, 6.45) is 3.00. The van der Waals surface area contributed by atoms with E-state index in [1.165, 1.54) is 0 Å². The van der Waals surface area contributed by atoms with Crippen LogP contribution in [-0.2, 0) is 10.0 Å². The number of benzene rings is 2. The lowest BCUT2D eigenvalue weighted by Crippen LogP contribution is -2.35. The lowest BCUT2D eigenvalue weighted by atomic mass is 10.1. The van der Waals surface area contributed by atoms with E-state index in [0.29, 0.717) is 23.7 Å². The molecule has 0 unspecified atom stereocenters. The Kier molecular flexibility index (Phi) is 3.40. The quantitative estimate of drug-likeness (QED) is 0.865. The average Bonchev–Trinajstić information content (AvgIpc) is 2.48.